The van der Waals surface area contributed by atoms with Gasteiger partial charge in [0.25, 0.3) is 0 Å². The van der Waals surface area contributed by atoms with E-state index in [0.717, 1.165) is 56.5 Å². The highest BCUT2D eigenvalue weighted by atomic mass is 32.2. The Labute approximate surface area is 228 Å². The minimum atomic E-state index is -3.99. The number of carbonyl (C=O) groups is 2. The molecule has 1 aliphatic carbocycles. The molecule has 1 N–H and O–H groups in total. The molecule has 38 heavy (non-hydrogen) atoms. The first-order chi connectivity index (χ1) is 17.9. The van der Waals surface area contributed by atoms with Crippen molar-refractivity contribution in [2.24, 2.45) is 0 Å². The van der Waals surface area contributed by atoms with Gasteiger partial charge in [0, 0.05) is 26.7 Å². The number of aryl methyl sites for hydroxylation is 3. The van der Waals surface area contributed by atoms with Gasteiger partial charge >= 0.3 is 10.2 Å². The third kappa shape index (κ3) is 7.35. The first kappa shape index (κ1) is 29.6. The first-order valence-electron chi connectivity index (χ1n) is 13.3. The van der Waals surface area contributed by atoms with Gasteiger partial charge in [-0.1, -0.05) is 61.2 Å². The van der Waals surface area contributed by atoms with Crippen molar-refractivity contribution in [1.29, 1.82) is 0 Å². The van der Waals surface area contributed by atoms with E-state index in [1.165, 1.54) is 25.4 Å². The number of nitrogens with zero attached hydrogens (tertiary/aromatic N) is 3. The molecular weight excluding hydrogens is 500 g/mol. The molecule has 0 aliphatic heterocycles. The largest absolute Gasteiger partial charge is 0.352 e. The lowest BCUT2D eigenvalue weighted by Crippen LogP contribution is -2.53. The van der Waals surface area contributed by atoms with Gasteiger partial charge in [0.1, 0.15) is 12.6 Å². The average Bonchev–Trinajstić information content (AvgIpc) is 2.88. The summed E-state index contributed by atoms with van der Waals surface area (Å²) in [5, 5.41) is 3.13. The van der Waals surface area contributed by atoms with Crippen molar-refractivity contribution in [2.75, 3.05) is 24.9 Å². The fraction of sp³-hybridized carbons (Fsp3) is 0.517. The number of benzene rings is 2. The summed E-state index contributed by atoms with van der Waals surface area (Å²) in [5.41, 5.74) is 4.03. The molecule has 0 aromatic heterocycles. The van der Waals surface area contributed by atoms with E-state index in [1.807, 2.05) is 57.2 Å². The molecule has 2 amide bonds. The highest BCUT2D eigenvalue weighted by molar-refractivity contribution is 7.90. The van der Waals surface area contributed by atoms with E-state index in [0.29, 0.717) is 5.69 Å². The van der Waals surface area contributed by atoms with Crippen molar-refractivity contribution in [3.8, 4) is 0 Å². The Kier molecular flexibility index (Phi) is 9.95. The van der Waals surface area contributed by atoms with E-state index in [-0.39, 0.29) is 18.5 Å². The molecule has 1 aliphatic rings. The molecule has 0 heterocycles. The number of hydrogen-bond donors (Lipinski definition) is 1. The van der Waals surface area contributed by atoms with Crippen LogP contribution in [0, 0.1) is 20.8 Å². The van der Waals surface area contributed by atoms with Crippen LogP contribution < -0.4 is 9.62 Å². The molecule has 0 saturated heterocycles. The summed E-state index contributed by atoms with van der Waals surface area (Å²) >= 11 is 0. The predicted molar refractivity (Wildman–Crippen MR) is 152 cm³/mol. The maximum absolute atomic E-state index is 13.9. The number of anilines is 1. The van der Waals surface area contributed by atoms with Gasteiger partial charge in [0.2, 0.25) is 11.8 Å². The summed E-state index contributed by atoms with van der Waals surface area (Å²) in [5.74, 6) is -0.658. The van der Waals surface area contributed by atoms with Crippen LogP contribution in [0.4, 0.5) is 5.69 Å². The van der Waals surface area contributed by atoms with Crippen LogP contribution in [0.3, 0.4) is 0 Å². The summed E-state index contributed by atoms with van der Waals surface area (Å²) in [6, 6.07) is 12.6. The lowest BCUT2D eigenvalue weighted by atomic mass is 9.95. The van der Waals surface area contributed by atoms with E-state index in [4.69, 9.17) is 0 Å². The fourth-order valence-corrected chi connectivity index (χ4v) is 5.84. The zero-order valence-corrected chi connectivity index (χ0v) is 24.3. The molecule has 208 valence electrons. The van der Waals surface area contributed by atoms with E-state index < -0.39 is 28.7 Å². The quantitative estimate of drug-likeness (QED) is 0.490. The predicted octanol–water partition coefficient (Wildman–Crippen LogP) is 4.09. The summed E-state index contributed by atoms with van der Waals surface area (Å²) in [7, 11) is -1.10. The molecule has 8 nitrogen and oxygen atoms in total. The van der Waals surface area contributed by atoms with Crippen molar-refractivity contribution in [3.05, 3.63) is 64.7 Å². The molecule has 0 bridgehead atoms. The molecule has 0 unspecified atom stereocenters. The van der Waals surface area contributed by atoms with Gasteiger partial charge in [-0.25, -0.2) is 4.31 Å². The van der Waals surface area contributed by atoms with Crippen LogP contribution in [0.5, 0.6) is 0 Å². The minimum absolute atomic E-state index is 0.107. The van der Waals surface area contributed by atoms with Gasteiger partial charge < -0.3 is 10.2 Å². The zero-order chi connectivity index (χ0) is 28.0. The normalized spacial score (nSPS) is 15.2. The third-order valence-electron chi connectivity index (χ3n) is 7.24. The number of amides is 2. The standard InChI is InChI=1S/C29H42N4O4S/c1-21-13-16-25(17-14-21)19-32(24(4)29(35)30-26-10-8-7-9-11-26)28(34)20-33(38(36,37)31(5)6)27-18-22(2)12-15-23(27)3/h12-18,24,26H,7-11,19-20H2,1-6H3,(H,30,35)/t24-/m1/s1. The second-order valence-electron chi connectivity index (χ2n) is 10.6. The van der Waals surface area contributed by atoms with Crippen LogP contribution in [0.25, 0.3) is 0 Å². The van der Waals surface area contributed by atoms with Crippen molar-refractivity contribution < 1.29 is 18.0 Å². The monoisotopic (exact) mass is 542 g/mol. The Hall–Kier alpha value is -2.91. The summed E-state index contributed by atoms with van der Waals surface area (Å²) in [6.45, 7) is 7.18. The number of carbonyl (C=O) groups excluding carboxylic acids is 2. The van der Waals surface area contributed by atoms with Crippen LogP contribution in [0.2, 0.25) is 0 Å². The maximum Gasteiger partial charge on any atom is 0.304 e. The number of nitrogens with one attached hydrogen (secondary N) is 1. The Morgan fingerprint density at radius 1 is 0.947 bits per heavy atom. The molecule has 1 fully saturated rings. The SMILES string of the molecule is Cc1ccc(CN(C(=O)CN(c2cc(C)ccc2C)S(=O)(=O)N(C)C)[C@H](C)C(=O)NC2CCCCC2)cc1. The zero-order valence-electron chi connectivity index (χ0n) is 23.5. The molecule has 0 radical (unpaired) electrons. The fourth-order valence-electron chi connectivity index (χ4n) is 4.73. The summed E-state index contributed by atoms with van der Waals surface area (Å²) < 4.78 is 29.1. The summed E-state index contributed by atoms with van der Waals surface area (Å²) in [4.78, 5) is 28.7. The van der Waals surface area contributed by atoms with Crippen LogP contribution >= 0.6 is 0 Å². The molecule has 0 spiro atoms. The molecule has 9 heteroatoms. The van der Waals surface area contributed by atoms with E-state index in [1.54, 1.807) is 13.0 Å². The number of hydrogen-bond acceptors (Lipinski definition) is 4. The first-order valence-corrected chi connectivity index (χ1v) is 14.7. The lowest BCUT2D eigenvalue weighted by Gasteiger charge is -2.34. The second kappa shape index (κ2) is 12.8. The Morgan fingerprint density at radius 3 is 2.16 bits per heavy atom. The van der Waals surface area contributed by atoms with Gasteiger partial charge in [0.15, 0.2) is 0 Å². The Balaban J connectivity index is 1.94. The minimum Gasteiger partial charge on any atom is -0.352 e. The molecule has 3 rings (SSSR count). The highest BCUT2D eigenvalue weighted by Crippen LogP contribution is 2.26. The van der Waals surface area contributed by atoms with E-state index in [2.05, 4.69) is 5.32 Å². The molecule has 2 aromatic carbocycles. The Morgan fingerprint density at radius 2 is 1.55 bits per heavy atom. The van der Waals surface area contributed by atoms with Crippen LogP contribution in [-0.4, -0.2) is 62.2 Å². The van der Waals surface area contributed by atoms with Gasteiger partial charge in [0.05, 0.1) is 5.69 Å². The van der Waals surface area contributed by atoms with Crippen molar-refractivity contribution in [2.45, 2.75) is 78.4 Å². The average molecular weight is 543 g/mol. The van der Waals surface area contributed by atoms with Gasteiger partial charge in [-0.05, 0) is 63.3 Å². The summed E-state index contributed by atoms with van der Waals surface area (Å²) in [6.07, 6.45) is 5.21. The van der Waals surface area contributed by atoms with Crippen molar-refractivity contribution >= 4 is 27.7 Å². The molecule has 2 aromatic rings. The van der Waals surface area contributed by atoms with Crippen LogP contribution in [0.1, 0.15) is 61.3 Å². The van der Waals surface area contributed by atoms with E-state index >= 15 is 0 Å². The van der Waals surface area contributed by atoms with E-state index in [9.17, 15) is 18.0 Å². The Bertz CT molecular complexity index is 1220. The third-order valence-corrected chi connectivity index (χ3v) is 9.05. The van der Waals surface area contributed by atoms with Crippen LogP contribution in [-0.2, 0) is 26.3 Å². The van der Waals surface area contributed by atoms with Crippen molar-refractivity contribution in [3.63, 3.8) is 0 Å². The topological polar surface area (TPSA) is 90.0 Å². The molecule has 1 atom stereocenters. The highest BCUT2D eigenvalue weighted by Gasteiger charge is 2.33. The maximum atomic E-state index is 13.9. The van der Waals surface area contributed by atoms with Gasteiger partial charge in [-0.3, -0.25) is 9.59 Å². The van der Waals surface area contributed by atoms with Gasteiger partial charge in [-0.2, -0.15) is 12.7 Å². The van der Waals surface area contributed by atoms with Crippen molar-refractivity contribution in [1.82, 2.24) is 14.5 Å². The lowest BCUT2D eigenvalue weighted by molar-refractivity contribution is -0.139. The molecule has 1 saturated carbocycles. The van der Waals surface area contributed by atoms with Crippen LogP contribution in [0.15, 0.2) is 42.5 Å². The second-order valence-corrected chi connectivity index (χ2v) is 12.7. The number of rotatable bonds is 10. The van der Waals surface area contributed by atoms with Gasteiger partial charge in [-0.15, -0.1) is 0 Å². The molecular formula is C29H42N4O4S. The smallest absolute Gasteiger partial charge is 0.304 e.